The number of rotatable bonds is 6. The predicted octanol–water partition coefficient (Wildman–Crippen LogP) is 1.92. The van der Waals surface area contributed by atoms with Gasteiger partial charge in [0.2, 0.25) is 11.8 Å². The number of nitrogens with zero attached hydrogens (tertiary/aromatic N) is 1. The summed E-state index contributed by atoms with van der Waals surface area (Å²) in [5.41, 5.74) is 1.92. The van der Waals surface area contributed by atoms with Crippen LogP contribution >= 0.6 is 12.4 Å². The molecule has 2 N–H and O–H groups in total. The summed E-state index contributed by atoms with van der Waals surface area (Å²) in [6, 6.07) is 7.74. The zero-order valence-corrected chi connectivity index (χ0v) is 14.8. The second-order valence-corrected chi connectivity index (χ2v) is 5.96. The molecule has 128 valence electrons. The van der Waals surface area contributed by atoms with Gasteiger partial charge in [-0.05, 0) is 37.1 Å². The van der Waals surface area contributed by atoms with E-state index in [-0.39, 0.29) is 36.7 Å². The van der Waals surface area contributed by atoms with Gasteiger partial charge in [-0.2, -0.15) is 0 Å². The van der Waals surface area contributed by atoms with Crippen LogP contribution in [0.1, 0.15) is 19.4 Å². The fraction of sp³-hybridized carbons (Fsp3) is 0.529. The first-order valence-corrected chi connectivity index (χ1v) is 7.86. The molecule has 0 bridgehead atoms. The number of halogens is 1. The zero-order valence-electron chi connectivity index (χ0n) is 14.0. The van der Waals surface area contributed by atoms with Gasteiger partial charge < -0.3 is 15.5 Å². The summed E-state index contributed by atoms with van der Waals surface area (Å²) in [5.74, 6) is 0.224. The number of carbonyl (C=O) groups is 2. The topological polar surface area (TPSA) is 61.4 Å². The maximum absolute atomic E-state index is 12.3. The molecule has 0 aliphatic carbocycles. The highest BCUT2D eigenvalue weighted by Gasteiger charge is 2.30. The van der Waals surface area contributed by atoms with E-state index in [1.54, 1.807) is 7.05 Å². The molecule has 1 atom stereocenters. The van der Waals surface area contributed by atoms with Crippen LogP contribution < -0.4 is 10.6 Å². The van der Waals surface area contributed by atoms with Crippen LogP contribution in [0.4, 0.5) is 5.69 Å². The molecule has 0 saturated carbocycles. The molecule has 5 nitrogen and oxygen atoms in total. The lowest BCUT2D eigenvalue weighted by Gasteiger charge is -2.33. The lowest BCUT2D eigenvalue weighted by molar-refractivity contribution is -0.138. The Bertz CT molecular complexity index is 546. The Labute approximate surface area is 144 Å². The first kappa shape index (κ1) is 19.5. The normalized spacial score (nSPS) is 15.1. The third-order valence-corrected chi connectivity index (χ3v) is 4.34. The Morgan fingerprint density at radius 2 is 2.00 bits per heavy atom. The van der Waals surface area contributed by atoms with Crippen molar-refractivity contribution in [1.29, 1.82) is 0 Å². The second-order valence-electron chi connectivity index (χ2n) is 5.96. The van der Waals surface area contributed by atoms with Crippen LogP contribution in [0.25, 0.3) is 0 Å². The Hall–Kier alpha value is -1.59. The molecule has 0 radical (unpaired) electrons. The van der Waals surface area contributed by atoms with Crippen molar-refractivity contribution >= 4 is 29.9 Å². The van der Waals surface area contributed by atoms with Crippen LogP contribution in [0.15, 0.2) is 24.3 Å². The quantitative estimate of drug-likeness (QED) is 0.832. The number of hydrogen-bond acceptors (Lipinski definition) is 3. The molecule has 1 unspecified atom stereocenters. The minimum atomic E-state index is -0.157. The Kier molecular flexibility index (Phi) is 7.52. The standard InChI is InChI=1S/C17H25N3O2.ClH/c1-4-13-7-5-6-8-15(13)19-16(21)11-20(3)17(22)12(2)14-9-18-10-14;/h5-8,12,14,18H,4,9-11H2,1-3H3,(H,19,21);1H. The van der Waals surface area contributed by atoms with Gasteiger partial charge in [0, 0.05) is 18.7 Å². The van der Waals surface area contributed by atoms with Gasteiger partial charge in [-0.15, -0.1) is 12.4 Å². The summed E-state index contributed by atoms with van der Waals surface area (Å²) in [6.07, 6.45) is 0.858. The van der Waals surface area contributed by atoms with E-state index in [1.165, 1.54) is 4.90 Å². The highest BCUT2D eigenvalue weighted by Crippen LogP contribution is 2.18. The van der Waals surface area contributed by atoms with Gasteiger partial charge in [-0.1, -0.05) is 32.0 Å². The molecule has 1 aliphatic rings. The van der Waals surface area contributed by atoms with Crippen LogP contribution in [0.5, 0.6) is 0 Å². The van der Waals surface area contributed by atoms with Crippen LogP contribution in [0.3, 0.4) is 0 Å². The Morgan fingerprint density at radius 3 is 2.57 bits per heavy atom. The second kappa shape index (κ2) is 8.89. The van der Waals surface area contributed by atoms with Gasteiger partial charge in [0.05, 0.1) is 6.54 Å². The zero-order chi connectivity index (χ0) is 16.1. The fourth-order valence-electron chi connectivity index (χ4n) is 2.65. The summed E-state index contributed by atoms with van der Waals surface area (Å²) in [4.78, 5) is 26.0. The minimum Gasteiger partial charge on any atom is -0.336 e. The van der Waals surface area contributed by atoms with E-state index in [2.05, 4.69) is 17.6 Å². The molecule has 6 heteroatoms. The van der Waals surface area contributed by atoms with Crippen LogP contribution in [0.2, 0.25) is 0 Å². The molecule has 0 spiro atoms. The summed E-state index contributed by atoms with van der Waals surface area (Å²) >= 11 is 0. The molecular weight excluding hydrogens is 314 g/mol. The summed E-state index contributed by atoms with van der Waals surface area (Å²) < 4.78 is 0. The first-order valence-electron chi connectivity index (χ1n) is 7.86. The minimum absolute atomic E-state index is 0. The predicted molar refractivity (Wildman–Crippen MR) is 94.9 cm³/mol. The smallest absolute Gasteiger partial charge is 0.243 e. The van der Waals surface area contributed by atoms with E-state index in [4.69, 9.17) is 0 Å². The molecule has 2 rings (SSSR count). The van der Waals surface area contributed by atoms with E-state index < -0.39 is 0 Å². The molecule has 1 fully saturated rings. The van der Waals surface area contributed by atoms with Crippen LogP contribution in [0, 0.1) is 11.8 Å². The lowest BCUT2D eigenvalue weighted by atomic mass is 9.88. The van der Waals surface area contributed by atoms with Crippen molar-refractivity contribution in [2.24, 2.45) is 11.8 Å². The fourth-order valence-corrected chi connectivity index (χ4v) is 2.65. The molecule has 1 aromatic carbocycles. The third-order valence-electron chi connectivity index (χ3n) is 4.34. The van der Waals surface area contributed by atoms with Gasteiger partial charge in [0.1, 0.15) is 0 Å². The van der Waals surface area contributed by atoms with Crippen LogP contribution in [-0.2, 0) is 16.0 Å². The van der Waals surface area contributed by atoms with E-state index >= 15 is 0 Å². The van der Waals surface area contributed by atoms with E-state index in [0.29, 0.717) is 5.92 Å². The van der Waals surface area contributed by atoms with Crippen molar-refractivity contribution in [3.63, 3.8) is 0 Å². The molecule has 0 aromatic heterocycles. The number of aryl methyl sites for hydroxylation is 1. The first-order chi connectivity index (χ1) is 10.5. The van der Waals surface area contributed by atoms with Crippen molar-refractivity contribution < 1.29 is 9.59 Å². The molecule has 1 aromatic rings. The lowest BCUT2D eigenvalue weighted by Crippen LogP contribution is -2.50. The van der Waals surface area contributed by atoms with Gasteiger partial charge in [0.15, 0.2) is 0 Å². The Balaban J connectivity index is 0.00000264. The average molecular weight is 340 g/mol. The SMILES string of the molecule is CCc1ccccc1NC(=O)CN(C)C(=O)C(C)C1CNC1.Cl. The largest absolute Gasteiger partial charge is 0.336 e. The molecule has 1 aliphatic heterocycles. The molecule has 2 amide bonds. The molecule has 1 saturated heterocycles. The van der Waals surface area contributed by atoms with E-state index in [0.717, 1.165) is 30.8 Å². The van der Waals surface area contributed by atoms with Gasteiger partial charge in [-0.25, -0.2) is 0 Å². The van der Waals surface area contributed by atoms with E-state index in [9.17, 15) is 9.59 Å². The number of hydrogen-bond donors (Lipinski definition) is 2. The van der Waals surface area contributed by atoms with Crippen molar-refractivity contribution in [1.82, 2.24) is 10.2 Å². The number of anilines is 1. The number of benzene rings is 1. The number of amides is 2. The number of para-hydroxylation sites is 1. The highest BCUT2D eigenvalue weighted by molar-refractivity contribution is 5.95. The highest BCUT2D eigenvalue weighted by atomic mass is 35.5. The molecule has 1 heterocycles. The summed E-state index contributed by atoms with van der Waals surface area (Å²) in [6.45, 7) is 5.85. The van der Waals surface area contributed by atoms with Crippen molar-refractivity contribution in [2.45, 2.75) is 20.3 Å². The molecule has 23 heavy (non-hydrogen) atoms. The summed E-state index contributed by atoms with van der Waals surface area (Å²) in [5, 5.41) is 6.07. The summed E-state index contributed by atoms with van der Waals surface area (Å²) in [7, 11) is 1.69. The van der Waals surface area contributed by atoms with Gasteiger partial charge >= 0.3 is 0 Å². The van der Waals surface area contributed by atoms with Crippen molar-refractivity contribution in [2.75, 3.05) is 32.0 Å². The van der Waals surface area contributed by atoms with E-state index in [1.807, 2.05) is 31.2 Å². The van der Waals surface area contributed by atoms with Crippen molar-refractivity contribution in [3.05, 3.63) is 29.8 Å². The maximum atomic E-state index is 12.3. The van der Waals surface area contributed by atoms with Gasteiger partial charge in [-0.3, -0.25) is 9.59 Å². The van der Waals surface area contributed by atoms with Crippen LogP contribution in [-0.4, -0.2) is 43.4 Å². The third kappa shape index (κ3) is 4.94. The molecular formula is C17H26ClN3O2. The van der Waals surface area contributed by atoms with Crippen molar-refractivity contribution in [3.8, 4) is 0 Å². The monoisotopic (exact) mass is 339 g/mol. The number of carbonyl (C=O) groups excluding carboxylic acids is 2. The Morgan fingerprint density at radius 1 is 1.35 bits per heavy atom. The average Bonchev–Trinajstić information content (AvgIpc) is 2.44. The number of nitrogens with one attached hydrogen (secondary N) is 2. The van der Waals surface area contributed by atoms with Gasteiger partial charge in [0.25, 0.3) is 0 Å². The maximum Gasteiger partial charge on any atom is 0.243 e. The number of likely N-dealkylation sites (N-methyl/N-ethyl adjacent to an activating group) is 1.